The lowest BCUT2D eigenvalue weighted by atomic mass is 10.2. The molecular formula is C21H26N2O3. The molecular weight excluding hydrogens is 328 g/mol. The van der Waals surface area contributed by atoms with Crippen LogP contribution in [0.3, 0.4) is 0 Å². The van der Waals surface area contributed by atoms with Gasteiger partial charge in [-0.2, -0.15) is 0 Å². The Kier molecular flexibility index (Phi) is 6.66. The Bertz CT molecular complexity index is 753. The van der Waals surface area contributed by atoms with Gasteiger partial charge in [-0.05, 0) is 29.8 Å². The first kappa shape index (κ1) is 18.5. The predicted molar refractivity (Wildman–Crippen MR) is 100 cm³/mol. The first-order valence-corrected chi connectivity index (χ1v) is 8.85. The molecule has 0 bridgehead atoms. The summed E-state index contributed by atoms with van der Waals surface area (Å²) in [5, 5.41) is 10.4. The van der Waals surface area contributed by atoms with Crippen molar-refractivity contribution in [2.75, 3.05) is 13.2 Å². The molecule has 138 valence electrons. The molecule has 0 radical (unpaired) electrons. The van der Waals surface area contributed by atoms with Gasteiger partial charge in [0.15, 0.2) is 0 Å². The SMILES string of the molecule is Cn1cccc1CN(Cc1ccccc1)C[C@H](O)COCc1ccco1. The van der Waals surface area contributed by atoms with Crippen molar-refractivity contribution >= 4 is 0 Å². The maximum atomic E-state index is 10.4. The second-order valence-corrected chi connectivity index (χ2v) is 6.51. The summed E-state index contributed by atoms with van der Waals surface area (Å²) >= 11 is 0. The highest BCUT2D eigenvalue weighted by Crippen LogP contribution is 2.11. The molecule has 5 nitrogen and oxygen atoms in total. The van der Waals surface area contributed by atoms with Crippen LogP contribution in [0.15, 0.2) is 71.5 Å². The summed E-state index contributed by atoms with van der Waals surface area (Å²) < 4.78 is 12.9. The molecule has 0 aliphatic rings. The van der Waals surface area contributed by atoms with Gasteiger partial charge in [0, 0.05) is 38.6 Å². The average molecular weight is 354 g/mol. The zero-order chi connectivity index (χ0) is 18.2. The second-order valence-electron chi connectivity index (χ2n) is 6.51. The summed E-state index contributed by atoms with van der Waals surface area (Å²) in [7, 11) is 2.04. The van der Waals surface area contributed by atoms with Crippen molar-refractivity contribution in [3.63, 3.8) is 0 Å². The number of hydrogen-bond acceptors (Lipinski definition) is 4. The Hall–Kier alpha value is -2.34. The predicted octanol–water partition coefficient (Wildman–Crippen LogP) is 3.20. The van der Waals surface area contributed by atoms with Crippen LogP contribution in [0.1, 0.15) is 17.0 Å². The summed E-state index contributed by atoms with van der Waals surface area (Å²) in [5.41, 5.74) is 2.44. The van der Waals surface area contributed by atoms with E-state index in [2.05, 4.69) is 27.7 Å². The summed E-state index contributed by atoms with van der Waals surface area (Å²) in [5.74, 6) is 0.766. The molecule has 2 aromatic heterocycles. The Morgan fingerprint density at radius 1 is 1.08 bits per heavy atom. The molecule has 3 rings (SSSR count). The Morgan fingerprint density at radius 3 is 2.62 bits per heavy atom. The molecule has 0 fully saturated rings. The fourth-order valence-corrected chi connectivity index (χ4v) is 2.96. The van der Waals surface area contributed by atoms with Crippen molar-refractivity contribution in [3.05, 3.63) is 84.1 Å². The monoisotopic (exact) mass is 354 g/mol. The fourth-order valence-electron chi connectivity index (χ4n) is 2.96. The van der Waals surface area contributed by atoms with Gasteiger partial charge in [-0.1, -0.05) is 30.3 Å². The largest absolute Gasteiger partial charge is 0.467 e. The van der Waals surface area contributed by atoms with E-state index in [4.69, 9.17) is 9.15 Å². The van der Waals surface area contributed by atoms with Crippen molar-refractivity contribution in [2.45, 2.75) is 25.8 Å². The Morgan fingerprint density at radius 2 is 1.92 bits per heavy atom. The van der Waals surface area contributed by atoms with Gasteiger partial charge < -0.3 is 18.8 Å². The van der Waals surface area contributed by atoms with Crippen LogP contribution < -0.4 is 0 Å². The number of rotatable bonds is 10. The number of aryl methyl sites for hydroxylation is 1. The minimum atomic E-state index is -0.561. The van der Waals surface area contributed by atoms with Gasteiger partial charge in [-0.25, -0.2) is 0 Å². The zero-order valence-electron chi connectivity index (χ0n) is 15.1. The summed E-state index contributed by atoms with van der Waals surface area (Å²) in [4.78, 5) is 2.24. The molecule has 0 spiro atoms. The minimum absolute atomic E-state index is 0.277. The second kappa shape index (κ2) is 9.38. The molecule has 3 aromatic rings. The van der Waals surface area contributed by atoms with E-state index in [1.165, 1.54) is 11.3 Å². The topological polar surface area (TPSA) is 50.8 Å². The van der Waals surface area contributed by atoms with Crippen LogP contribution in [0.5, 0.6) is 0 Å². The molecule has 0 amide bonds. The Labute approximate surface area is 154 Å². The van der Waals surface area contributed by atoms with Crippen LogP contribution in [0, 0.1) is 0 Å². The first-order chi connectivity index (χ1) is 12.7. The standard InChI is InChI=1S/C21H26N2O3/c1-22-11-5-9-19(22)14-23(13-18-7-3-2-4-8-18)15-20(24)16-25-17-21-10-6-12-26-21/h2-12,20,24H,13-17H2,1H3/t20-/m0/s1. The number of furan rings is 1. The lowest BCUT2D eigenvalue weighted by molar-refractivity contribution is 0.00224. The third-order valence-electron chi connectivity index (χ3n) is 4.29. The number of aromatic nitrogens is 1. The molecule has 1 aromatic carbocycles. The number of hydrogen-bond donors (Lipinski definition) is 1. The molecule has 26 heavy (non-hydrogen) atoms. The normalized spacial score (nSPS) is 12.6. The van der Waals surface area contributed by atoms with E-state index in [9.17, 15) is 5.11 Å². The van der Waals surface area contributed by atoms with Crippen LogP contribution in [0.4, 0.5) is 0 Å². The fraction of sp³-hybridized carbons (Fsp3) is 0.333. The number of benzene rings is 1. The molecule has 1 N–H and O–H groups in total. The van der Waals surface area contributed by atoms with Gasteiger partial charge in [0.1, 0.15) is 12.4 Å². The lowest BCUT2D eigenvalue weighted by Crippen LogP contribution is -2.34. The Balaban J connectivity index is 1.56. The highest BCUT2D eigenvalue weighted by atomic mass is 16.5. The van der Waals surface area contributed by atoms with Gasteiger partial charge in [-0.15, -0.1) is 0 Å². The molecule has 0 aliphatic heterocycles. The van der Waals surface area contributed by atoms with Crippen molar-refractivity contribution in [3.8, 4) is 0 Å². The molecule has 0 unspecified atom stereocenters. The molecule has 0 aliphatic carbocycles. The quantitative estimate of drug-likeness (QED) is 0.607. The third-order valence-corrected chi connectivity index (χ3v) is 4.29. The molecule has 0 saturated heterocycles. The van der Waals surface area contributed by atoms with E-state index in [0.29, 0.717) is 13.2 Å². The molecule has 1 atom stereocenters. The van der Waals surface area contributed by atoms with E-state index in [1.807, 2.05) is 49.6 Å². The third kappa shape index (κ3) is 5.59. The molecule has 0 saturated carbocycles. The summed E-state index contributed by atoms with van der Waals surface area (Å²) in [6.45, 7) is 2.74. The van der Waals surface area contributed by atoms with Crippen LogP contribution in [0.25, 0.3) is 0 Å². The number of aliphatic hydroxyl groups is 1. The maximum absolute atomic E-state index is 10.4. The van der Waals surface area contributed by atoms with Crippen molar-refractivity contribution < 1.29 is 14.3 Å². The van der Waals surface area contributed by atoms with E-state index >= 15 is 0 Å². The van der Waals surface area contributed by atoms with Crippen molar-refractivity contribution in [2.24, 2.45) is 7.05 Å². The molecule has 2 heterocycles. The number of ether oxygens (including phenoxy) is 1. The highest BCUT2D eigenvalue weighted by molar-refractivity contribution is 5.15. The van der Waals surface area contributed by atoms with E-state index in [1.54, 1.807) is 6.26 Å². The van der Waals surface area contributed by atoms with Crippen molar-refractivity contribution in [1.82, 2.24) is 9.47 Å². The van der Waals surface area contributed by atoms with Gasteiger partial charge in [0.25, 0.3) is 0 Å². The maximum Gasteiger partial charge on any atom is 0.129 e. The van der Waals surface area contributed by atoms with Gasteiger partial charge in [-0.3, -0.25) is 4.90 Å². The van der Waals surface area contributed by atoms with E-state index in [0.717, 1.165) is 18.8 Å². The number of nitrogens with zero attached hydrogens (tertiary/aromatic N) is 2. The van der Waals surface area contributed by atoms with Crippen molar-refractivity contribution in [1.29, 1.82) is 0 Å². The van der Waals surface area contributed by atoms with Crippen LogP contribution in [-0.4, -0.2) is 33.8 Å². The van der Waals surface area contributed by atoms with E-state index in [-0.39, 0.29) is 6.61 Å². The highest BCUT2D eigenvalue weighted by Gasteiger charge is 2.14. The lowest BCUT2D eigenvalue weighted by Gasteiger charge is -2.25. The number of aliphatic hydroxyl groups excluding tert-OH is 1. The molecule has 5 heteroatoms. The van der Waals surface area contributed by atoms with Crippen LogP contribution >= 0.6 is 0 Å². The smallest absolute Gasteiger partial charge is 0.129 e. The zero-order valence-corrected chi connectivity index (χ0v) is 15.1. The minimum Gasteiger partial charge on any atom is -0.467 e. The van der Waals surface area contributed by atoms with Gasteiger partial charge in [0.05, 0.1) is 19.0 Å². The van der Waals surface area contributed by atoms with E-state index < -0.39 is 6.10 Å². The average Bonchev–Trinajstić information content (AvgIpc) is 3.28. The van der Waals surface area contributed by atoms with Crippen LogP contribution in [0.2, 0.25) is 0 Å². The van der Waals surface area contributed by atoms with Gasteiger partial charge >= 0.3 is 0 Å². The summed E-state index contributed by atoms with van der Waals surface area (Å²) in [6, 6.07) is 18.2. The van der Waals surface area contributed by atoms with Crippen LogP contribution in [-0.2, 0) is 31.5 Å². The first-order valence-electron chi connectivity index (χ1n) is 8.85. The van der Waals surface area contributed by atoms with Gasteiger partial charge in [0.2, 0.25) is 0 Å². The summed E-state index contributed by atoms with van der Waals surface area (Å²) in [6.07, 6.45) is 3.10.